The van der Waals surface area contributed by atoms with E-state index in [9.17, 15) is 0 Å². The predicted molar refractivity (Wildman–Crippen MR) is 243 cm³/mol. The van der Waals surface area contributed by atoms with E-state index in [1.54, 1.807) is 0 Å². The summed E-state index contributed by atoms with van der Waals surface area (Å²) in [5, 5.41) is 2.04. The van der Waals surface area contributed by atoms with Gasteiger partial charge in [0.1, 0.15) is 16.7 Å². The van der Waals surface area contributed by atoms with E-state index in [2.05, 4.69) is 187 Å². The number of hydrogen-bond acceptors (Lipinski definition) is 4. The first-order chi connectivity index (χ1) is 29.2. The summed E-state index contributed by atoms with van der Waals surface area (Å²) in [4.78, 5) is 7.14. The molecular weight excluding hydrogens is 721 g/mol. The standard InChI is InChI=1S/C55H36N2O2/c1-4-13-37(14-5-1)39-23-25-41(26-24-39)46-19-10-11-22-51(46)57(44-31-27-40(28-32-44)38-15-6-2-7-16-38)45-33-29-42(30-34-45)47-20-12-21-48-49-35-53-50(36-52(49)58-54(47)48)56-55(59-53)43-17-8-3-9-18-43/h1-36H. The van der Waals surface area contributed by atoms with Gasteiger partial charge in [0.05, 0.1) is 5.69 Å². The first-order valence-electron chi connectivity index (χ1n) is 19.9. The topological polar surface area (TPSA) is 42.4 Å². The number of anilines is 3. The lowest BCUT2D eigenvalue weighted by molar-refractivity contribution is 0.620. The normalized spacial score (nSPS) is 11.4. The lowest BCUT2D eigenvalue weighted by atomic mass is 9.98. The van der Waals surface area contributed by atoms with Gasteiger partial charge in [0.25, 0.3) is 0 Å². The predicted octanol–water partition coefficient (Wildman–Crippen LogP) is 15.5. The van der Waals surface area contributed by atoms with E-state index in [1.807, 2.05) is 36.4 Å². The second-order valence-corrected chi connectivity index (χ2v) is 14.7. The van der Waals surface area contributed by atoms with Crippen LogP contribution in [-0.4, -0.2) is 4.98 Å². The first kappa shape index (κ1) is 34.3. The molecule has 59 heavy (non-hydrogen) atoms. The highest BCUT2D eigenvalue weighted by atomic mass is 16.4. The zero-order chi connectivity index (χ0) is 39.1. The Kier molecular flexibility index (Phi) is 8.45. The summed E-state index contributed by atoms with van der Waals surface area (Å²) in [5.74, 6) is 0.600. The zero-order valence-electron chi connectivity index (χ0n) is 32.0. The van der Waals surface area contributed by atoms with Crippen LogP contribution in [0, 0.1) is 0 Å². The molecule has 2 aromatic heterocycles. The van der Waals surface area contributed by atoms with E-state index in [1.165, 1.54) is 22.3 Å². The van der Waals surface area contributed by atoms with Crippen molar-refractivity contribution >= 4 is 50.1 Å². The van der Waals surface area contributed by atoms with Crippen LogP contribution in [-0.2, 0) is 0 Å². The Morgan fingerprint density at radius 3 is 1.47 bits per heavy atom. The smallest absolute Gasteiger partial charge is 0.227 e. The summed E-state index contributed by atoms with van der Waals surface area (Å²) in [6.07, 6.45) is 0. The molecule has 0 saturated carbocycles. The molecule has 2 heterocycles. The van der Waals surface area contributed by atoms with Crippen molar-refractivity contribution < 1.29 is 8.83 Å². The molecule has 0 unspecified atom stereocenters. The van der Waals surface area contributed by atoms with Gasteiger partial charge in [0.15, 0.2) is 5.58 Å². The fraction of sp³-hybridized carbons (Fsp3) is 0. The van der Waals surface area contributed by atoms with Gasteiger partial charge in [-0.25, -0.2) is 4.98 Å². The van der Waals surface area contributed by atoms with Crippen LogP contribution in [0.15, 0.2) is 227 Å². The number of aromatic nitrogens is 1. The Hall–Kier alpha value is -7.95. The molecular formula is C55H36N2O2. The SMILES string of the molecule is c1ccc(-c2ccc(-c3ccccc3N(c3ccc(-c4ccccc4)cc3)c3ccc(-c4cccc5c4oc4cc6nc(-c7ccccc7)oc6cc45)cc3)cc2)cc1. The Morgan fingerprint density at radius 1 is 0.339 bits per heavy atom. The Bertz CT molecular complexity index is 3220. The molecule has 0 N–H and O–H groups in total. The number of benzene rings is 9. The summed E-state index contributed by atoms with van der Waals surface area (Å²) in [7, 11) is 0. The largest absolute Gasteiger partial charge is 0.455 e. The molecule has 278 valence electrons. The van der Waals surface area contributed by atoms with Gasteiger partial charge < -0.3 is 13.7 Å². The van der Waals surface area contributed by atoms with Crippen LogP contribution in [0.5, 0.6) is 0 Å². The van der Waals surface area contributed by atoms with Crippen molar-refractivity contribution in [1.29, 1.82) is 0 Å². The van der Waals surface area contributed by atoms with Crippen molar-refractivity contribution in [2.24, 2.45) is 0 Å². The maximum absolute atomic E-state index is 6.63. The molecule has 0 amide bonds. The van der Waals surface area contributed by atoms with E-state index < -0.39 is 0 Å². The van der Waals surface area contributed by atoms with Gasteiger partial charge in [-0.15, -0.1) is 0 Å². The van der Waals surface area contributed by atoms with E-state index >= 15 is 0 Å². The summed E-state index contributed by atoms with van der Waals surface area (Å²) >= 11 is 0. The van der Waals surface area contributed by atoms with Crippen molar-refractivity contribution in [2.75, 3.05) is 4.90 Å². The van der Waals surface area contributed by atoms with Gasteiger partial charge in [0.2, 0.25) is 5.89 Å². The molecule has 11 aromatic rings. The average molecular weight is 757 g/mol. The van der Waals surface area contributed by atoms with Crippen molar-refractivity contribution in [1.82, 2.24) is 4.98 Å². The molecule has 0 fully saturated rings. The number of nitrogens with zero attached hydrogens (tertiary/aromatic N) is 2. The molecule has 11 rings (SSSR count). The van der Waals surface area contributed by atoms with Gasteiger partial charge in [-0.05, 0) is 81.9 Å². The number of oxazole rings is 1. The van der Waals surface area contributed by atoms with Crippen molar-refractivity contribution in [2.45, 2.75) is 0 Å². The van der Waals surface area contributed by atoms with E-state index in [-0.39, 0.29) is 0 Å². The van der Waals surface area contributed by atoms with E-state index in [0.29, 0.717) is 5.89 Å². The van der Waals surface area contributed by atoms with Crippen LogP contribution < -0.4 is 4.90 Å². The highest BCUT2D eigenvalue weighted by Gasteiger charge is 2.20. The van der Waals surface area contributed by atoms with Gasteiger partial charge >= 0.3 is 0 Å². The number of fused-ring (bicyclic) bond motifs is 4. The molecule has 4 heteroatoms. The Labute approximate surface area is 341 Å². The minimum atomic E-state index is 0.600. The van der Waals surface area contributed by atoms with Gasteiger partial charge in [-0.3, -0.25) is 0 Å². The molecule has 9 aromatic carbocycles. The average Bonchev–Trinajstić information content (AvgIpc) is 3.91. The van der Waals surface area contributed by atoms with Gasteiger partial charge in [-0.1, -0.05) is 164 Å². The fourth-order valence-electron chi connectivity index (χ4n) is 8.19. The molecule has 0 atom stereocenters. The van der Waals surface area contributed by atoms with Crippen LogP contribution in [0.3, 0.4) is 0 Å². The molecule has 4 nitrogen and oxygen atoms in total. The van der Waals surface area contributed by atoms with Crippen molar-refractivity contribution in [3.8, 4) is 56.0 Å². The molecule has 0 saturated heterocycles. The molecule has 0 aliphatic heterocycles. The second kappa shape index (κ2) is 14.5. The Balaban J connectivity index is 0.987. The maximum atomic E-state index is 6.63. The minimum Gasteiger partial charge on any atom is -0.455 e. The number of furan rings is 1. The maximum Gasteiger partial charge on any atom is 0.227 e. The third-order valence-electron chi connectivity index (χ3n) is 11.1. The zero-order valence-corrected chi connectivity index (χ0v) is 32.0. The van der Waals surface area contributed by atoms with Gasteiger partial charge in [-0.2, -0.15) is 0 Å². The van der Waals surface area contributed by atoms with Gasteiger partial charge in [0, 0.05) is 44.9 Å². The molecule has 0 aliphatic rings. The second-order valence-electron chi connectivity index (χ2n) is 14.7. The van der Waals surface area contributed by atoms with Crippen LogP contribution >= 0.6 is 0 Å². The first-order valence-corrected chi connectivity index (χ1v) is 19.9. The number of hydrogen-bond donors (Lipinski definition) is 0. The van der Waals surface area contributed by atoms with Crippen molar-refractivity contribution in [3.63, 3.8) is 0 Å². The lowest BCUT2D eigenvalue weighted by Crippen LogP contribution is -2.11. The van der Waals surface area contributed by atoms with Crippen molar-refractivity contribution in [3.05, 3.63) is 218 Å². The summed E-state index contributed by atoms with van der Waals surface area (Å²) in [6, 6.07) is 76.6. The fourth-order valence-corrected chi connectivity index (χ4v) is 8.19. The monoisotopic (exact) mass is 756 g/mol. The molecule has 0 spiro atoms. The number of para-hydroxylation sites is 2. The minimum absolute atomic E-state index is 0.600. The quantitative estimate of drug-likeness (QED) is 0.155. The van der Waals surface area contributed by atoms with E-state index in [0.717, 1.165) is 77.9 Å². The highest BCUT2D eigenvalue weighted by molar-refractivity contribution is 6.12. The lowest BCUT2D eigenvalue weighted by Gasteiger charge is -2.28. The highest BCUT2D eigenvalue weighted by Crippen LogP contribution is 2.43. The number of rotatable bonds is 8. The van der Waals surface area contributed by atoms with Crippen LogP contribution in [0.1, 0.15) is 0 Å². The Morgan fingerprint density at radius 2 is 0.831 bits per heavy atom. The third kappa shape index (κ3) is 6.34. The molecule has 0 aliphatic carbocycles. The molecule has 0 bridgehead atoms. The molecule has 0 radical (unpaired) electrons. The van der Waals surface area contributed by atoms with Crippen LogP contribution in [0.2, 0.25) is 0 Å². The summed E-state index contributed by atoms with van der Waals surface area (Å²) in [6.45, 7) is 0. The van der Waals surface area contributed by atoms with E-state index in [4.69, 9.17) is 13.8 Å². The summed E-state index contributed by atoms with van der Waals surface area (Å²) < 4.78 is 12.9. The third-order valence-corrected chi connectivity index (χ3v) is 11.1. The van der Waals surface area contributed by atoms with Crippen LogP contribution in [0.25, 0.3) is 89.0 Å². The summed E-state index contributed by atoms with van der Waals surface area (Å²) in [5.41, 5.74) is 16.4. The van der Waals surface area contributed by atoms with Crippen LogP contribution in [0.4, 0.5) is 17.1 Å².